The molecule has 2 aromatic rings. The third kappa shape index (κ3) is 6.56. The highest BCUT2D eigenvalue weighted by Crippen LogP contribution is 2.33. The molecule has 2 aromatic carbocycles. The predicted octanol–water partition coefficient (Wildman–Crippen LogP) is 7.32. The van der Waals surface area contributed by atoms with Gasteiger partial charge in [-0.1, -0.05) is 38.1 Å². The summed E-state index contributed by atoms with van der Waals surface area (Å²) in [5, 5.41) is 0. The fourth-order valence-corrected chi connectivity index (χ4v) is 3.15. The minimum atomic E-state index is -0.546. The van der Waals surface area contributed by atoms with Crippen molar-refractivity contribution in [2.24, 2.45) is 10.8 Å². The number of hydrogen-bond acceptors (Lipinski definition) is 4. The van der Waals surface area contributed by atoms with Crippen LogP contribution in [0.4, 0.5) is 0 Å². The molecule has 0 amide bonds. The molecule has 172 valence electrons. The van der Waals surface area contributed by atoms with Crippen LogP contribution in [0.5, 0.6) is 11.5 Å². The largest absolute Gasteiger partial charge is 0.426 e. The zero-order valence-corrected chi connectivity index (χ0v) is 20.7. The number of esters is 2. The number of rotatable bonds is 6. The summed E-state index contributed by atoms with van der Waals surface area (Å²) in [6.45, 7) is 15.3. The second-order valence-electron chi connectivity index (χ2n) is 9.99. The average molecular weight is 437 g/mol. The van der Waals surface area contributed by atoms with Gasteiger partial charge in [0.1, 0.15) is 11.5 Å². The van der Waals surface area contributed by atoms with Crippen molar-refractivity contribution in [3.63, 3.8) is 0 Å². The summed E-state index contributed by atoms with van der Waals surface area (Å²) in [4.78, 5) is 24.3. The smallest absolute Gasteiger partial charge is 0.316 e. The standard InChI is InChI=1S/C28H36O4/c1-9-23(19-11-15-21(16-12-19)31-25(29)27(3,4)5)24(10-2)20-13-17-22(18-14-20)32-26(30)28(6,7)8/h11-18H,9-10H2,1-8H3/b24-23+. The summed E-state index contributed by atoms with van der Waals surface area (Å²) >= 11 is 0. The summed E-state index contributed by atoms with van der Waals surface area (Å²) < 4.78 is 11.0. The maximum absolute atomic E-state index is 12.1. The number of benzene rings is 2. The number of allylic oxidation sites excluding steroid dienone is 2. The van der Waals surface area contributed by atoms with Crippen LogP contribution in [0.25, 0.3) is 11.1 Å². The van der Waals surface area contributed by atoms with Crippen molar-refractivity contribution in [2.75, 3.05) is 0 Å². The molecule has 0 aromatic heterocycles. The first kappa shape index (κ1) is 25.4. The second kappa shape index (κ2) is 10.2. The van der Waals surface area contributed by atoms with Crippen molar-refractivity contribution < 1.29 is 19.1 Å². The SMILES string of the molecule is CC/C(=C(/CC)c1ccc(OC(=O)C(C)(C)C)cc1)c1ccc(OC(=O)C(C)(C)C)cc1. The molecule has 4 heteroatoms. The van der Waals surface area contributed by atoms with Gasteiger partial charge in [-0.2, -0.15) is 0 Å². The fourth-order valence-electron chi connectivity index (χ4n) is 3.15. The second-order valence-corrected chi connectivity index (χ2v) is 9.99. The molecule has 0 radical (unpaired) electrons. The molecular formula is C28H36O4. The van der Waals surface area contributed by atoms with Crippen LogP contribution in [0.15, 0.2) is 48.5 Å². The molecule has 0 heterocycles. The van der Waals surface area contributed by atoms with E-state index in [1.165, 1.54) is 11.1 Å². The van der Waals surface area contributed by atoms with Crippen molar-refractivity contribution in [2.45, 2.75) is 68.2 Å². The van der Waals surface area contributed by atoms with E-state index in [-0.39, 0.29) is 11.9 Å². The van der Waals surface area contributed by atoms with E-state index in [0.717, 1.165) is 24.0 Å². The van der Waals surface area contributed by atoms with Crippen molar-refractivity contribution in [1.29, 1.82) is 0 Å². The van der Waals surface area contributed by atoms with Crippen LogP contribution in [0.3, 0.4) is 0 Å². The molecular weight excluding hydrogens is 400 g/mol. The van der Waals surface area contributed by atoms with E-state index >= 15 is 0 Å². The first-order valence-electron chi connectivity index (χ1n) is 11.2. The van der Waals surface area contributed by atoms with Gasteiger partial charge in [0.05, 0.1) is 10.8 Å². The van der Waals surface area contributed by atoms with E-state index in [9.17, 15) is 9.59 Å². The quantitative estimate of drug-likeness (QED) is 0.270. The Bertz CT molecular complexity index is 885. The zero-order chi connectivity index (χ0) is 24.1. The van der Waals surface area contributed by atoms with E-state index in [4.69, 9.17) is 9.47 Å². The highest BCUT2D eigenvalue weighted by Gasteiger charge is 2.24. The van der Waals surface area contributed by atoms with Crippen molar-refractivity contribution in [1.82, 2.24) is 0 Å². The van der Waals surface area contributed by atoms with Gasteiger partial charge in [0, 0.05) is 0 Å². The van der Waals surface area contributed by atoms with Crippen LogP contribution >= 0.6 is 0 Å². The van der Waals surface area contributed by atoms with Crippen LogP contribution in [-0.4, -0.2) is 11.9 Å². The molecule has 0 unspecified atom stereocenters. The number of ether oxygens (including phenoxy) is 2. The Kier molecular flexibility index (Phi) is 8.06. The lowest BCUT2D eigenvalue weighted by molar-refractivity contribution is -0.143. The molecule has 0 aliphatic rings. The molecule has 0 bridgehead atoms. The summed E-state index contributed by atoms with van der Waals surface area (Å²) in [6, 6.07) is 15.4. The van der Waals surface area contributed by atoms with E-state index in [0.29, 0.717) is 11.5 Å². The molecule has 0 spiro atoms. The maximum atomic E-state index is 12.1. The van der Waals surface area contributed by atoms with Gasteiger partial charge in [-0.3, -0.25) is 9.59 Å². The van der Waals surface area contributed by atoms with Gasteiger partial charge in [-0.15, -0.1) is 0 Å². The highest BCUT2D eigenvalue weighted by atomic mass is 16.5. The fraction of sp³-hybridized carbons (Fsp3) is 0.429. The molecule has 0 saturated carbocycles. The van der Waals surface area contributed by atoms with Crippen LogP contribution in [0.1, 0.15) is 79.4 Å². The lowest BCUT2D eigenvalue weighted by atomic mass is 9.91. The Hall–Kier alpha value is -2.88. The topological polar surface area (TPSA) is 52.6 Å². The Labute approximate surface area is 192 Å². The first-order chi connectivity index (χ1) is 14.9. The highest BCUT2D eigenvalue weighted by molar-refractivity contribution is 5.91. The third-order valence-corrected chi connectivity index (χ3v) is 5.12. The average Bonchev–Trinajstić information content (AvgIpc) is 2.72. The minimum Gasteiger partial charge on any atom is -0.426 e. The monoisotopic (exact) mass is 436 g/mol. The Balaban J connectivity index is 2.29. The third-order valence-electron chi connectivity index (χ3n) is 5.12. The van der Waals surface area contributed by atoms with E-state index in [1.54, 1.807) is 0 Å². The molecule has 0 atom stereocenters. The van der Waals surface area contributed by atoms with Crippen LogP contribution in [0, 0.1) is 10.8 Å². The van der Waals surface area contributed by atoms with Gasteiger partial charge in [0.25, 0.3) is 0 Å². The number of carbonyl (C=O) groups excluding carboxylic acids is 2. The summed E-state index contributed by atoms with van der Waals surface area (Å²) in [6.07, 6.45) is 1.73. The Morgan fingerprint density at radius 3 is 1.09 bits per heavy atom. The minimum absolute atomic E-state index is 0.252. The van der Waals surface area contributed by atoms with Gasteiger partial charge < -0.3 is 9.47 Å². The van der Waals surface area contributed by atoms with Gasteiger partial charge in [0.15, 0.2) is 0 Å². The van der Waals surface area contributed by atoms with E-state index in [1.807, 2.05) is 90.1 Å². The summed E-state index contributed by atoms with van der Waals surface area (Å²) in [5.41, 5.74) is 3.58. The lowest BCUT2D eigenvalue weighted by Gasteiger charge is -2.18. The molecule has 0 saturated heterocycles. The van der Waals surface area contributed by atoms with Crippen LogP contribution in [0.2, 0.25) is 0 Å². The summed E-state index contributed by atoms with van der Waals surface area (Å²) in [7, 11) is 0. The number of carbonyl (C=O) groups is 2. The Morgan fingerprint density at radius 2 is 0.875 bits per heavy atom. The van der Waals surface area contributed by atoms with Crippen LogP contribution in [-0.2, 0) is 9.59 Å². The molecule has 4 nitrogen and oxygen atoms in total. The normalized spacial score (nSPS) is 12.8. The molecule has 0 aliphatic heterocycles. The maximum Gasteiger partial charge on any atom is 0.316 e. The van der Waals surface area contributed by atoms with Crippen LogP contribution < -0.4 is 9.47 Å². The summed E-state index contributed by atoms with van der Waals surface area (Å²) in [5.74, 6) is 0.593. The van der Waals surface area contributed by atoms with Gasteiger partial charge in [0.2, 0.25) is 0 Å². The van der Waals surface area contributed by atoms with Gasteiger partial charge in [-0.25, -0.2) is 0 Å². The molecule has 0 N–H and O–H groups in total. The van der Waals surface area contributed by atoms with Gasteiger partial charge in [-0.05, 0) is 101 Å². The van der Waals surface area contributed by atoms with E-state index < -0.39 is 10.8 Å². The molecule has 32 heavy (non-hydrogen) atoms. The van der Waals surface area contributed by atoms with Crippen molar-refractivity contribution >= 4 is 23.1 Å². The molecule has 0 aliphatic carbocycles. The van der Waals surface area contributed by atoms with Crippen molar-refractivity contribution in [3.05, 3.63) is 59.7 Å². The Morgan fingerprint density at radius 1 is 0.594 bits per heavy atom. The van der Waals surface area contributed by atoms with Gasteiger partial charge >= 0.3 is 11.9 Å². The molecule has 0 fully saturated rings. The first-order valence-corrected chi connectivity index (χ1v) is 11.2. The van der Waals surface area contributed by atoms with E-state index in [2.05, 4.69) is 13.8 Å². The predicted molar refractivity (Wildman–Crippen MR) is 130 cm³/mol. The van der Waals surface area contributed by atoms with Crippen molar-refractivity contribution in [3.8, 4) is 11.5 Å². The lowest BCUT2D eigenvalue weighted by Crippen LogP contribution is -2.25. The zero-order valence-electron chi connectivity index (χ0n) is 20.7. The number of hydrogen-bond donors (Lipinski definition) is 0. The molecule has 2 rings (SSSR count).